The van der Waals surface area contributed by atoms with Crippen LogP contribution in [-0.2, 0) is 20.5 Å². The van der Waals surface area contributed by atoms with Gasteiger partial charge in [0.2, 0.25) is 5.95 Å². The summed E-state index contributed by atoms with van der Waals surface area (Å²) in [6, 6.07) is 0. The number of nitrogens with zero attached hydrogens (tertiary/aromatic N) is 4. The minimum atomic E-state index is 0.547. The van der Waals surface area contributed by atoms with Gasteiger partial charge in [-0.3, -0.25) is 9.25 Å². The van der Waals surface area contributed by atoms with Gasteiger partial charge in [0.05, 0.1) is 5.69 Å². The van der Waals surface area contributed by atoms with Crippen LogP contribution in [0.15, 0.2) is 0 Å². The van der Waals surface area contributed by atoms with Crippen molar-refractivity contribution in [2.75, 3.05) is 5.73 Å². The Morgan fingerprint density at radius 2 is 2.07 bits per heavy atom. The highest BCUT2D eigenvalue weighted by molar-refractivity contribution is 5.77. The van der Waals surface area contributed by atoms with Crippen LogP contribution in [0.2, 0.25) is 0 Å². The van der Waals surface area contributed by atoms with Crippen LogP contribution in [-0.4, -0.2) is 19.3 Å². The van der Waals surface area contributed by atoms with Gasteiger partial charge in [-0.1, -0.05) is 13.3 Å². The molecule has 0 saturated heterocycles. The number of anilines is 1. The largest absolute Gasteiger partial charge is 0.369 e. The Morgan fingerprint density at radius 1 is 1.36 bits per heavy atom. The first-order chi connectivity index (χ1) is 6.65. The van der Waals surface area contributed by atoms with Crippen molar-refractivity contribution in [3.8, 4) is 0 Å². The van der Waals surface area contributed by atoms with Crippen molar-refractivity contribution in [3.05, 3.63) is 5.69 Å². The number of hydrogen-bond acceptors (Lipinski definition) is 3. The van der Waals surface area contributed by atoms with Gasteiger partial charge in [-0.05, 0) is 6.42 Å². The summed E-state index contributed by atoms with van der Waals surface area (Å²) < 4.78 is 3.70. The molecule has 2 heterocycles. The topological polar surface area (TPSA) is 61.7 Å². The standard InChI is InChI=1S/C9H15N5/c1-4-5-6-7-8(14(3)12-6)13(2)9(10)11-7/h4-5H2,1-3H3,(H2,10,11). The summed E-state index contributed by atoms with van der Waals surface area (Å²) in [6.07, 6.45) is 2.02. The molecule has 5 nitrogen and oxygen atoms in total. The lowest BCUT2D eigenvalue weighted by molar-refractivity contribution is 0.728. The number of nitrogens with two attached hydrogens (primary N) is 1. The molecule has 0 aromatic carbocycles. The van der Waals surface area contributed by atoms with Crippen LogP contribution < -0.4 is 5.73 Å². The van der Waals surface area contributed by atoms with Crippen molar-refractivity contribution >= 4 is 17.1 Å². The van der Waals surface area contributed by atoms with E-state index in [1.807, 2.05) is 23.3 Å². The first-order valence-electron chi connectivity index (χ1n) is 4.79. The summed E-state index contributed by atoms with van der Waals surface area (Å²) in [4.78, 5) is 4.31. The van der Waals surface area contributed by atoms with Gasteiger partial charge in [0.1, 0.15) is 5.52 Å². The molecule has 0 spiro atoms. The third-order valence-electron chi connectivity index (χ3n) is 2.44. The summed E-state index contributed by atoms with van der Waals surface area (Å²) in [5.41, 5.74) is 8.71. The maximum Gasteiger partial charge on any atom is 0.202 e. The van der Waals surface area contributed by atoms with E-state index in [1.54, 1.807) is 0 Å². The molecule has 2 aromatic heterocycles. The Balaban J connectivity index is 2.70. The lowest BCUT2D eigenvalue weighted by Gasteiger charge is -1.96. The summed E-state index contributed by atoms with van der Waals surface area (Å²) in [5, 5.41) is 4.42. The second-order valence-corrected chi connectivity index (χ2v) is 3.52. The molecule has 0 amide bonds. The maximum absolute atomic E-state index is 5.74. The van der Waals surface area contributed by atoms with Crippen molar-refractivity contribution in [2.24, 2.45) is 14.1 Å². The Bertz CT molecular complexity index is 465. The average Bonchev–Trinajstić information content (AvgIpc) is 2.57. The molecule has 0 saturated carbocycles. The first-order valence-corrected chi connectivity index (χ1v) is 4.79. The van der Waals surface area contributed by atoms with Crippen molar-refractivity contribution in [2.45, 2.75) is 19.8 Å². The van der Waals surface area contributed by atoms with Crippen LogP contribution in [0.4, 0.5) is 5.95 Å². The van der Waals surface area contributed by atoms with Crippen LogP contribution in [0.3, 0.4) is 0 Å². The minimum Gasteiger partial charge on any atom is -0.369 e. The second kappa shape index (κ2) is 3.01. The Morgan fingerprint density at radius 3 is 2.71 bits per heavy atom. The fourth-order valence-electron chi connectivity index (χ4n) is 1.75. The molecule has 14 heavy (non-hydrogen) atoms. The Kier molecular flexibility index (Phi) is 1.94. The lowest BCUT2D eigenvalue weighted by Crippen LogP contribution is -2.02. The number of rotatable bonds is 2. The number of nitrogen functional groups attached to an aromatic ring is 1. The number of fused-ring (bicyclic) bond motifs is 1. The molecule has 0 bridgehead atoms. The molecule has 0 aliphatic heterocycles. The van der Waals surface area contributed by atoms with Gasteiger partial charge in [0.25, 0.3) is 0 Å². The highest BCUT2D eigenvalue weighted by Gasteiger charge is 2.14. The molecule has 76 valence electrons. The van der Waals surface area contributed by atoms with E-state index in [1.165, 1.54) is 0 Å². The highest BCUT2D eigenvalue weighted by Crippen LogP contribution is 2.20. The molecule has 0 unspecified atom stereocenters. The Labute approximate surface area is 82.5 Å². The normalized spacial score (nSPS) is 11.4. The quantitative estimate of drug-likeness (QED) is 0.768. The van der Waals surface area contributed by atoms with E-state index in [0.717, 1.165) is 29.7 Å². The number of aryl methyl sites for hydroxylation is 3. The van der Waals surface area contributed by atoms with Gasteiger partial charge in [0, 0.05) is 14.1 Å². The number of hydrogen-bond donors (Lipinski definition) is 1. The zero-order valence-electron chi connectivity index (χ0n) is 8.78. The van der Waals surface area contributed by atoms with Crippen LogP contribution in [0.5, 0.6) is 0 Å². The summed E-state index contributed by atoms with van der Waals surface area (Å²) >= 11 is 0. The van der Waals surface area contributed by atoms with Gasteiger partial charge >= 0.3 is 0 Å². The van der Waals surface area contributed by atoms with Gasteiger partial charge in [-0.15, -0.1) is 0 Å². The van der Waals surface area contributed by atoms with Crippen LogP contribution in [0.1, 0.15) is 19.0 Å². The monoisotopic (exact) mass is 193 g/mol. The zero-order chi connectivity index (χ0) is 10.3. The smallest absolute Gasteiger partial charge is 0.202 e. The van der Waals surface area contributed by atoms with Crippen molar-refractivity contribution < 1.29 is 0 Å². The Hall–Kier alpha value is -1.52. The third kappa shape index (κ3) is 1.08. The van der Waals surface area contributed by atoms with E-state index in [2.05, 4.69) is 17.0 Å². The molecule has 0 aliphatic carbocycles. The van der Waals surface area contributed by atoms with Crippen molar-refractivity contribution in [1.29, 1.82) is 0 Å². The van der Waals surface area contributed by atoms with Gasteiger partial charge in [-0.2, -0.15) is 5.10 Å². The van der Waals surface area contributed by atoms with Gasteiger partial charge in [-0.25, -0.2) is 4.98 Å². The van der Waals surface area contributed by atoms with E-state index in [9.17, 15) is 0 Å². The van der Waals surface area contributed by atoms with Crippen LogP contribution in [0, 0.1) is 0 Å². The average molecular weight is 193 g/mol. The maximum atomic E-state index is 5.74. The predicted octanol–water partition coefficient (Wildman–Crippen LogP) is 0.841. The van der Waals surface area contributed by atoms with Crippen molar-refractivity contribution in [3.63, 3.8) is 0 Å². The first kappa shape index (κ1) is 9.05. The van der Waals surface area contributed by atoms with E-state index in [0.29, 0.717) is 5.95 Å². The molecule has 5 heteroatoms. The molecular weight excluding hydrogens is 178 g/mol. The predicted molar refractivity (Wildman–Crippen MR) is 55.9 cm³/mol. The third-order valence-corrected chi connectivity index (χ3v) is 2.44. The van der Waals surface area contributed by atoms with Crippen LogP contribution in [0.25, 0.3) is 11.2 Å². The minimum absolute atomic E-state index is 0.547. The molecular formula is C9H15N5. The molecule has 0 aliphatic rings. The lowest BCUT2D eigenvalue weighted by atomic mass is 10.2. The molecule has 2 aromatic rings. The fourth-order valence-corrected chi connectivity index (χ4v) is 1.75. The van der Waals surface area contributed by atoms with Crippen LogP contribution >= 0.6 is 0 Å². The van der Waals surface area contributed by atoms with E-state index in [4.69, 9.17) is 5.73 Å². The molecule has 2 N–H and O–H groups in total. The second-order valence-electron chi connectivity index (χ2n) is 3.52. The molecule has 0 radical (unpaired) electrons. The van der Waals surface area contributed by atoms with E-state index < -0.39 is 0 Å². The molecule has 0 atom stereocenters. The number of imidazole rings is 1. The molecule has 0 fully saturated rings. The van der Waals surface area contributed by atoms with E-state index >= 15 is 0 Å². The van der Waals surface area contributed by atoms with Gasteiger partial charge < -0.3 is 5.73 Å². The molecule has 2 rings (SSSR count). The SMILES string of the molecule is CCCc1nn(C)c2c1nc(N)n2C. The summed E-state index contributed by atoms with van der Waals surface area (Å²) in [6.45, 7) is 2.13. The summed E-state index contributed by atoms with van der Waals surface area (Å²) in [5.74, 6) is 0.547. The zero-order valence-corrected chi connectivity index (χ0v) is 8.78. The fraction of sp³-hybridized carbons (Fsp3) is 0.556. The number of aromatic nitrogens is 4. The van der Waals surface area contributed by atoms with Crippen molar-refractivity contribution in [1.82, 2.24) is 19.3 Å². The van der Waals surface area contributed by atoms with Gasteiger partial charge in [0.15, 0.2) is 5.65 Å². The summed E-state index contributed by atoms with van der Waals surface area (Å²) in [7, 11) is 3.82. The van der Waals surface area contributed by atoms with E-state index in [-0.39, 0.29) is 0 Å². The highest BCUT2D eigenvalue weighted by atomic mass is 15.3.